The molecule has 1 fully saturated rings. The molecular weight excluding hydrogens is 268 g/mol. The maximum absolute atomic E-state index is 11.2. The zero-order valence-corrected chi connectivity index (χ0v) is 13.0. The van der Waals surface area contributed by atoms with E-state index in [4.69, 9.17) is 10.5 Å². The van der Waals surface area contributed by atoms with Gasteiger partial charge < -0.3 is 20.2 Å². The van der Waals surface area contributed by atoms with E-state index in [9.17, 15) is 4.79 Å². The first-order valence-electron chi connectivity index (χ1n) is 7.11. The van der Waals surface area contributed by atoms with Gasteiger partial charge in [0.05, 0.1) is 12.8 Å². The minimum absolute atomic E-state index is 0.145. The number of benzene rings is 1. The van der Waals surface area contributed by atoms with Crippen LogP contribution in [0.5, 0.6) is 5.75 Å². The molecule has 1 heterocycles. The molecule has 2 N–H and O–H groups in total. The second kappa shape index (κ2) is 6.78. The zero-order valence-electron chi connectivity index (χ0n) is 13.0. The number of carbonyl (C=O) groups excluding carboxylic acids is 1. The second-order valence-electron chi connectivity index (χ2n) is 5.46. The first-order chi connectivity index (χ1) is 10.1. The van der Waals surface area contributed by atoms with Gasteiger partial charge in [0.25, 0.3) is 0 Å². The lowest BCUT2D eigenvalue weighted by Gasteiger charge is -2.40. The number of carbonyl (C=O) groups is 1. The van der Waals surface area contributed by atoms with E-state index < -0.39 is 0 Å². The van der Waals surface area contributed by atoms with Crippen LogP contribution in [0.4, 0.5) is 11.4 Å². The van der Waals surface area contributed by atoms with Gasteiger partial charge in [-0.2, -0.15) is 0 Å². The summed E-state index contributed by atoms with van der Waals surface area (Å²) in [6.45, 7) is 3.47. The molecule has 1 unspecified atom stereocenters. The van der Waals surface area contributed by atoms with Gasteiger partial charge in [-0.05, 0) is 32.3 Å². The molecule has 1 saturated heterocycles. The summed E-state index contributed by atoms with van der Waals surface area (Å²) in [5.74, 6) is 0.700. The quantitative estimate of drug-likeness (QED) is 0.629. The highest BCUT2D eigenvalue weighted by atomic mass is 16.5. The van der Waals surface area contributed by atoms with Gasteiger partial charge in [0.2, 0.25) is 0 Å². The van der Waals surface area contributed by atoms with Crippen molar-refractivity contribution < 1.29 is 9.53 Å². The van der Waals surface area contributed by atoms with Crippen molar-refractivity contribution in [2.45, 2.75) is 6.17 Å². The van der Waals surface area contributed by atoms with Crippen LogP contribution in [0, 0.1) is 0 Å². The number of likely N-dealkylation sites (N-methyl/N-ethyl adjacent to an activating group) is 1. The number of aldehydes is 1. The standard InChI is InChI=1S/C15H24N4O2/c1-17(2)15(11-20)19-8-6-18(7-9-19)12-4-5-14(21-3)13(16)10-12/h4-5,10-11,15H,6-9,16H2,1-3H3. The summed E-state index contributed by atoms with van der Waals surface area (Å²) in [6.07, 6.45) is 0.856. The molecule has 6 heteroatoms. The average Bonchev–Trinajstić information content (AvgIpc) is 2.48. The van der Waals surface area contributed by atoms with Crippen molar-refractivity contribution in [1.82, 2.24) is 9.80 Å². The summed E-state index contributed by atoms with van der Waals surface area (Å²) in [6, 6.07) is 5.86. The number of ether oxygens (including phenoxy) is 1. The van der Waals surface area contributed by atoms with Gasteiger partial charge in [-0.1, -0.05) is 0 Å². The van der Waals surface area contributed by atoms with Crippen LogP contribution < -0.4 is 15.4 Å². The lowest BCUT2D eigenvalue weighted by Crippen LogP contribution is -2.55. The van der Waals surface area contributed by atoms with Crippen LogP contribution in [0.1, 0.15) is 0 Å². The van der Waals surface area contributed by atoms with E-state index in [0.717, 1.165) is 38.2 Å². The molecule has 1 aliphatic heterocycles. The number of methoxy groups -OCH3 is 1. The third kappa shape index (κ3) is 3.46. The predicted octanol–water partition coefficient (Wildman–Crippen LogP) is 0.486. The number of nitrogens with two attached hydrogens (primary N) is 1. The lowest BCUT2D eigenvalue weighted by atomic mass is 10.2. The number of piperazine rings is 1. The summed E-state index contributed by atoms with van der Waals surface area (Å²) in [5.41, 5.74) is 7.71. The maximum atomic E-state index is 11.2. The average molecular weight is 292 g/mol. The molecule has 116 valence electrons. The number of rotatable bonds is 5. The SMILES string of the molecule is COc1ccc(N2CCN(C(C=O)N(C)C)CC2)cc1N. The fourth-order valence-electron chi connectivity index (χ4n) is 2.70. The van der Waals surface area contributed by atoms with E-state index in [2.05, 4.69) is 9.80 Å². The molecular formula is C15H24N4O2. The Morgan fingerprint density at radius 3 is 2.43 bits per heavy atom. The van der Waals surface area contributed by atoms with E-state index in [1.807, 2.05) is 37.2 Å². The number of hydrogen-bond donors (Lipinski definition) is 1. The molecule has 0 saturated carbocycles. The van der Waals surface area contributed by atoms with Crippen LogP contribution in [-0.2, 0) is 4.79 Å². The summed E-state index contributed by atoms with van der Waals surface area (Å²) in [5, 5.41) is 0. The number of anilines is 2. The van der Waals surface area contributed by atoms with Crippen molar-refractivity contribution in [3.63, 3.8) is 0 Å². The molecule has 0 radical (unpaired) electrons. The van der Waals surface area contributed by atoms with Crippen LogP contribution in [-0.4, -0.2) is 69.6 Å². The molecule has 1 atom stereocenters. The summed E-state index contributed by atoms with van der Waals surface area (Å²) >= 11 is 0. The molecule has 0 aliphatic carbocycles. The van der Waals surface area contributed by atoms with Gasteiger partial charge in [-0.15, -0.1) is 0 Å². The van der Waals surface area contributed by atoms with Crippen molar-refractivity contribution in [3.05, 3.63) is 18.2 Å². The summed E-state index contributed by atoms with van der Waals surface area (Å²) in [7, 11) is 5.47. The van der Waals surface area contributed by atoms with Gasteiger partial charge in [0.15, 0.2) is 6.29 Å². The van der Waals surface area contributed by atoms with Crippen molar-refractivity contribution in [3.8, 4) is 5.75 Å². The predicted molar refractivity (Wildman–Crippen MR) is 84.7 cm³/mol. The Hall–Kier alpha value is -1.79. The van der Waals surface area contributed by atoms with Crippen LogP contribution >= 0.6 is 0 Å². The minimum Gasteiger partial charge on any atom is -0.495 e. The molecule has 1 aromatic carbocycles. The molecule has 2 rings (SSSR count). The van der Waals surface area contributed by atoms with Gasteiger partial charge in [-0.25, -0.2) is 0 Å². The zero-order chi connectivity index (χ0) is 15.4. The van der Waals surface area contributed by atoms with E-state index in [1.165, 1.54) is 0 Å². The first kappa shape index (κ1) is 15.6. The smallest absolute Gasteiger partial charge is 0.151 e. The fraction of sp³-hybridized carbons (Fsp3) is 0.533. The van der Waals surface area contributed by atoms with Crippen LogP contribution in [0.2, 0.25) is 0 Å². The normalized spacial score (nSPS) is 17.8. The van der Waals surface area contributed by atoms with Crippen LogP contribution in [0.15, 0.2) is 18.2 Å². The molecule has 0 amide bonds. The highest BCUT2D eigenvalue weighted by Crippen LogP contribution is 2.27. The number of hydrogen-bond acceptors (Lipinski definition) is 6. The van der Waals surface area contributed by atoms with Gasteiger partial charge in [0, 0.05) is 31.9 Å². The third-order valence-corrected chi connectivity index (χ3v) is 3.92. The van der Waals surface area contributed by atoms with E-state index >= 15 is 0 Å². The molecule has 21 heavy (non-hydrogen) atoms. The van der Waals surface area contributed by atoms with Crippen LogP contribution in [0.3, 0.4) is 0 Å². The second-order valence-corrected chi connectivity index (χ2v) is 5.46. The first-order valence-corrected chi connectivity index (χ1v) is 7.11. The molecule has 0 aromatic heterocycles. The highest BCUT2D eigenvalue weighted by Gasteiger charge is 2.25. The molecule has 0 spiro atoms. The number of nitrogen functional groups attached to an aromatic ring is 1. The lowest BCUT2D eigenvalue weighted by molar-refractivity contribution is -0.117. The summed E-state index contributed by atoms with van der Waals surface area (Å²) < 4.78 is 5.18. The Kier molecular flexibility index (Phi) is 5.03. The summed E-state index contributed by atoms with van der Waals surface area (Å²) in [4.78, 5) is 17.6. The maximum Gasteiger partial charge on any atom is 0.151 e. The Labute approximate surface area is 126 Å². The molecule has 0 bridgehead atoms. The Bertz CT molecular complexity index is 485. The monoisotopic (exact) mass is 292 g/mol. The van der Waals surface area contributed by atoms with Crippen molar-refractivity contribution in [1.29, 1.82) is 0 Å². The molecule has 6 nitrogen and oxygen atoms in total. The van der Waals surface area contributed by atoms with Crippen molar-refractivity contribution in [2.24, 2.45) is 0 Å². The molecule has 1 aliphatic rings. The van der Waals surface area contributed by atoms with Gasteiger partial charge >= 0.3 is 0 Å². The van der Waals surface area contributed by atoms with E-state index in [-0.39, 0.29) is 6.17 Å². The fourth-order valence-corrected chi connectivity index (χ4v) is 2.70. The molecule has 1 aromatic rings. The van der Waals surface area contributed by atoms with E-state index in [1.54, 1.807) is 7.11 Å². The topological polar surface area (TPSA) is 62.0 Å². The Morgan fingerprint density at radius 1 is 1.29 bits per heavy atom. The van der Waals surface area contributed by atoms with Crippen molar-refractivity contribution >= 4 is 17.7 Å². The Balaban J connectivity index is 2.00. The Morgan fingerprint density at radius 2 is 1.95 bits per heavy atom. The van der Waals surface area contributed by atoms with Gasteiger partial charge in [0.1, 0.15) is 11.9 Å². The number of nitrogens with zero attached hydrogens (tertiary/aromatic N) is 3. The minimum atomic E-state index is -0.145. The highest BCUT2D eigenvalue weighted by molar-refractivity contribution is 5.63. The van der Waals surface area contributed by atoms with Crippen molar-refractivity contribution in [2.75, 3.05) is 58.0 Å². The third-order valence-electron chi connectivity index (χ3n) is 3.92. The van der Waals surface area contributed by atoms with Gasteiger partial charge in [-0.3, -0.25) is 9.80 Å². The largest absolute Gasteiger partial charge is 0.495 e. The van der Waals surface area contributed by atoms with Crippen LogP contribution in [0.25, 0.3) is 0 Å². The van der Waals surface area contributed by atoms with E-state index in [0.29, 0.717) is 11.4 Å².